The van der Waals surface area contributed by atoms with Crippen molar-refractivity contribution in [1.29, 1.82) is 0 Å². The van der Waals surface area contributed by atoms with Crippen LogP contribution in [-0.2, 0) is 22.0 Å². The first-order valence-corrected chi connectivity index (χ1v) is 6.76. The van der Waals surface area contributed by atoms with E-state index in [1.807, 2.05) is 6.07 Å². The molecule has 0 unspecified atom stereocenters. The second-order valence-electron chi connectivity index (χ2n) is 3.40. The molecule has 2 N–H and O–H groups in total. The van der Waals surface area contributed by atoms with E-state index in [1.54, 1.807) is 12.1 Å². The van der Waals surface area contributed by atoms with Crippen molar-refractivity contribution in [2.24, 2.45) is 0 Å². The molecule has 1 heterocycles. The van der Waals surface area contributed by atoms with Gasteiger partial charge in [0, 0.05) is 22.7 Å². The van der Waals surface area contributed by atoms with E-state index in [0.29, 0.717) is 0 Å². The summed E-state index contributed by atoms with van der Waals surface area (Å²) in [5.41, 5.74) is 2.31. The van der Waals surface area contributed by atoms with Gasteiger partial charge in [0.2, 0.25) is 0 Å². The minimum absolute atomic E-state index is 0. The zero-order chi connectivity index (χ0) is 10.2. The topological polar surface area (TPSA) is 50.8 Å². The summed E-state index contributed by atoms with van der Waals surface area (Å²) in [5, 5.41) is 2.16. The molecule has 3 nitrogen and oxygen atoms in total. The maximum absolute atomic E-state index is 11.1. The van der Waals surface area contributed by atoms with Gasteiger partial charge in [-0.1, -0.05) is 6.07 Å². The van der Waals surface area contributed by atoms with E-state index in [4.69, 9.17) is 10.7 Å². The van der Waals surface area contributed by atoms with Gasteiger partial charge >= 0.3 is 0 Å². The third-order valence-corrected chi connectivity index (χ3v) is 3.79. The van der Waals surface area contributed by atoms with Crippen molar-refractivity contribution in [2.45, 2.75) is 17.9 Å². The smallest absolute Gasteiger partial charge is 0.261 e. The summed E-state index contributed by atoms with van der Waals surface area (Å²) in [6, 6.07) is 5.11. The number of benzene rings is 1. The molecule has 1 aliphatic heterocycles. The van der Waals surface area contributed by atoms with Gasteiger partial charge in [0.1, 0.15) is 6.54 Å². The zero-order valence-corrected chi connectivity index (χ0v) is 10.2. The molecule has 1 aromatic carbocycles. The summed E-state index contributed by atoms with van der Waals surface area (Å²) in [4.78, 5) is 0.202. The molecule has 0 aliphatic carbocycles. The fourth-order valence-corrected chi connectivity index (χ4v) is 2.50. The van der Waals surface area contributed by atoms with E-state index >= 15 is 0 Å². The van der Waals surface area contributed by atoms with E-state index in [0.717, 1.165) is 25.1 Å². The first-order chi connectivity index (χ1) is 6.57. The number of halogens is 2. The third kappa shape index (κ3) is 2.84. The van der Waals surface area contributed by atoms with Gasteiger partial charge in [-0.05, 0) is 17.7 Å². The van der Waals surface area contributed by atoms with Crippen LogP contribution in [0.5, 0.6) is 0 Å². The van der Waals surface area contributed by atoms with Gasteiger partial charge in [-0.3, -0.25) is 0 Å². The molecular formula is C9H11Cl2NO2S. The molecule has 84 valence electrons. The van der Waals surface area contributed by atoms with Crippen LogP contribution in [0.3, 0.4) is 0 Å². The van der Waals surface area contributed by atoms with Crippen molar-refractivity contribution in [3.8, 4) is 0 Å². The lowest BCUT2D eigenvalue weighted by molar-refractivity contribution is -0.673. The Hall–Kier alpha value is -0.290. The molecule has 0 radical (unpaired) electrons. The molecule has 0 saturated carbocycles. The second-order valence-corrected chi connectivity index (χ2v) is 5.97. The quantitative estimate of drug-likeness (QED) is 0.561. The fraction of sp³-hybridized carbons (Fsp3) is 0.333. The minimum atomic E-state index is -3.58. The Morgan fingerprint density at radius 2 is 2.00 bits per heavy atom. The molecule has 1 aliphatic rings. The van der Waals surface area contributed by atoms with E-state index in [9.17, 15) is 8.42 Å². The predicted molar refractivity (Wildman–Crippen MR) is 53.7 cm³/mol. The van der Waals surface area contributed by atoms with E-state index in [1.165, 1.54) is 5.56 Å². The zero-order valence-electron chi connectivity index (χ0n) is 7.91. The lowest BCUT2D eigenvalue weighted by Crippen LogP contribution is -3.00. The van der Waals surface area contributed by atoms with Crippen molar-refractivity contribution < 1.29 is 26.1 Å². The monoisotopic (exact) mass is 267 g/mol. The maximum Gasteiger partial charge on any atom is 0.261 e. The average molecular weight is 268 g/mol. The molecule has 0 aromatic heterocycles. The van der Waals surface area contributed by atoms with Gasteiger partial charge in [0.15, 0.2) is 0 Å². The van der Waals surface area contributed by atoms with Crippen molar-refractivity contribution in [3.63, 3.8) is 0 Å². The van der Waals surface area contributed by atoms with Gasteiger partial charge in [-0.15, -0.1) is 0 Å². The highest BCUT2D eigenvalue weighted by Crippen LogP contribution is 2.20. The molecule has 0 saturated heterocycles. The molecule has 0 bridgehead atoms. The minimum Gasteiger partial charge on any atom is -1.00 e. The Balaban J connectivity index is 0.00000112. The first kappa shape index (κ1) is 12.8. The standard InChI is InChI=1S/C9H10ClNO2S.ClH/c10-14(12,13)9-2-1-7-3-4-11-6-8(7)5-9;/h1-2,5,11H,3-4,6H2;1H. The van der Waals surface area contributed by atoms with Gasteiger partial charge in [-0.25, -0.2) is 8.42 Å². The van der Waals surface area contributed by atoms with Crippen molar-refractivity contribution in [3.05, 3.63) is 29.3 Å². The molecule has 0 atom stereocenters. The molecule has 15 heavy (non-hydrogen) atoms. The van der Waals surface area contributed by atoms with Crippen LogP contribution >= 0.6 is 10.7 Å². The lowest BCUT2D eigenvalue weighted by atomic mass is 10.0. The van der Waals surface area contributed by atoms with Crippen LogP contribution in [0, 0.1) is 0 Å². The van der Waals surface area contributed by atoms with Gasteiger partial charge in [0.25, 0.3) is 9.05 Å². The summed E-state index contributed by atoms with van der Waals surface area (Å²) in [6.45, 7) is 1.91. The summed E-state index contributed by atoms with van der Waals surface area (Å²) >= 11 is 0. The summed E-state index contributed by atoms with van der Waals surface area (Å²) in [7, 11) is 1.69. The van der Waals surface area contributed by atoms with Crippen LogP contribution in [0.25, 0.3) is 0 Å². The highest BCUT2D eigenvalue weighted by Gasteiger charge is 2.16. The van der Waals surface area contributed by atoms with Crippen molar-refractivity contribution >= 4 is 19.7 Å². The van der Waals surface area contributed by atoms with E-state index < -0.39 is 9.05 Å². The molecule has 0 amide bonds. The summed E-state index contributed by atoms with van der Waals surface area (Å²) < 4.78 is 22.1. The highest BCUT2D eigenvalue weighted by molar-refractivity contribution is 8.13. The summed E-state index contributed by atoms with van der Waals surface area (Å²) in [5.74, 6) is 0. The van der Waals surface area contributed by atoms with E-state index in [2.05, 4.69) is 5.32 Å². The predicted octanol–water partition coefficient (Wildman–Crippen LogP) is -2.76. The molecule has 1 aromatic rings. The number of hydrogen-bond donors (Lipinski definition) is 1. The molecular weight excluding hydrogens is 257 g/mol. The number of rotatable bonds is 1. The largest absolute Gasteiger partial charge is 1.00 e. The SMILES string of the molecule is O=S(=O)(Cl)c1ccc2c(c1)C[NH2+]CC2.[Cl-]. The van der Waals surface area contributed by atoms with Crippen molar-refractivity contribution in [2.75, 3.05) is 6.54 Å². The Labute approximate surface area is 99.7 Å². The highest BCUT2D eigenvalue weighted by atomic mass is 35.7. The fourth-order valence-electron chi connectivity index (χ4n) is 1.70. The van der Waals surface area contributed by atoms with Gasteiger partial charge < -0.3 is 17.7 Å². The Morgan fingerprint density at radius 3 is 2.67 bits per heavy atom. The van der Waals surface area contributed by atoms with Crippen LogP contribution in [-0.4, -0.2) is 15.0 Å². The second kappa shape index (κ2) is 4.70. The van der Waals surface area contributed by atoms with Crippen LogP contribution in [0.1, 0.15) is 11.1 Å². The van der Waals surface area contributed by atoms with Crippen LogP contribution in [0.2, 0.25) is 0 Å². The Kier molecular flexibility index (Phi) is 4.00. The molecule has 0 fully saturated rings. The molecule has 0 spiro atoms. The Morgan fingerprint density at radius 1 is 1.27 bits per heavy atom. The number of quaternary nitrogens is 1. The van der Waals surface area contributed by atoms with Crippen molar-refractivity contribution in [1.82, 2.24) is 0 Å². The van der Waals surface area contributed by atoms with Crippen LogP contribution in [0.4, 0.5) is 0 Å². The van der Waals surface area contributed by atoms with Gasteiger partial charge in [-0.2, -0.15) is 0 Å². The lowest BCUT2D eigenvalue weighted by Gasteiger charge is -2.14. The van der Waals surface area contributed by atoms with Crippen LogP contribution in [0.15, 0.2) is 23.1 Å². The third-order valence-electron chi connectivity index (χ3n) is 2.44. The summed E-state index contributed by atoms with van der Waals surface area (Å²) in [6.07, 6.45) is 0.998. The molecule has 2 rings (SSSR count). The number of fused-ring (bicyclic) bond motifs is 1. The van der Waals surface area contributed by atoms with Gasteiger partial charge in [0.05, 0.1) is 11.4 Å². The maximum atomic E-state index is 11.1. The molecule has 6 heteroatoms. The van der Waals surface area contributed by atoms with E-state index in [-0.39, 0.29) is 17.3 Å². The normalized spacial score (nSPS) is 15.3. The first-order valence-electron chi connectivity index (χ1n) is 4.45. The van der Waals surface area contributed by atoms with Crippen LogP contribution < -0.4 is 17.7 Å². The Bertz CT molecular complexity index is 459. The average Bonchev–Trinajstić information content (AvgIpc) is 2.16. The number of nitrogens with two attached hydrogens (primary N) is 1. The number of hydrogen-bond acceptors (Lipinski definition) is 2.